The highest BCUT2D eigenvalue weighted by atomic mass is 16.3. The van der Waals surface area contributed by atoms with Gasteiger partial charge in [-0.05, 0) is 81.1 Å². The van der Waals surface area contributed by atoms with Crippen molar-refractivity contribution in [2.75, 3.05) is 0 Å². The average molecular weight is 690 g/mol. The van der Waals surface area contributed by atoms with Crippen LogP contribution in [0.25, 0.3) is 122 Å². The Labute approximate surface area is 308 Å². The van der Waals surface area contributed by atoms with Crippen LogP contribution in [-0.4, -0.2) is 15.0 Å². The molecule has 0 amide bonds. The summed E-state index contributed by atoms with van der Waals surface area (Å²) >= 11 is 0. The third-order valence-corrected chi connectivity index (χ3v) is 10.9. The van der Waals surface area contributed by atoms with E-state index in [9.17, 15) is 0 Å². The van der Waals surface area contributed by atoms with Gasteiger partial charge < -0.3 is 8.83 Å². The molecule has 0 radical (unpaired) electrons. The van der Waals surface area contributed by atoms with E-state index in [1.807, 2.05) is 48.5 Å². The van der Waals surface area contributed by atoms with Gasteiger partial charge in [0.15, 0.2) is 17.5 Å². The summed E-state index contributed by atoms with van der Waals surface area (Å²) in [5.41, 5.74) is 12.9. The second kappa shape index (κ2) is 11.1. The second-order valence-corrected chi connectivity index (χ2v) is 13.9. The van der Waals surface area contributed by atoms with Crippen molar-refractivity contribution in [1.29, 1.82) is 0 Å². The number of nitrogens with zero attached hydrogens (tertiary/aromatic N) is 3. The van der Waals surface area contributed by atoms with Crippen LogP contribution in [0.1, 0.15) is 0 Å². The molecule has 5 nitrogen and oxygen atoms in total. The fourth-order valence-corrected chi connectivity index (χ4v) is 8.51. The monoisotopic (exact) mass is 689 g/mol. The van der Waals surface area contributed by atoms with E-state index >= 15 is 0 Å². The number of benzene rings is 8. The van der Waals surface area contributed by atoms with Gasteiger partial charge in [0, 0.05) is 43.8 Å². The zero-order chi connectivity index (χ0) is 35.3. The normalized spacial score (nSPS) is 12.1. The molecule has 250 valence electrons. The van der Waals surface area contributed by atoms with Gasteiger partial charge in [0.05, 0.1) is 0 Å². The van der Waals surface area contributed by atoms with Gasteiger partial charge in [0.25, 0.3) is 0 Å². The van der Waals surface area contributed by atoms with E-state index in [1.54, 1.807) is 0 Å². The van der Waals surface area contributed by atoms with E-state index in [0.29, 0.717) is 17.5 Å². The predicted molar refractivity (Wildman–Crippen MR) is 218 cm³/mol. The first kappa shape index (κ1) is 29.2. The minimum atomic E-state index is 0.571. The number of fused-ring (bicyclic) bond motifs is 9. The fraction of sp³-hybridized carbons (Fsp3) is 0. The smallest absolute Gasteiger partial charge is 0.164 e. The molecule has 0 aliphatic heterocycles. The van der Waals surface area contributed by atoms with Crippen LogP contribution in [0.2, 0.25) is 0 Å². The van der Waals surface area contributed by atoms with Gasteiger partial charge in [0.1, 0.15) is 22.3 Å². The minimum Gasteiger partial charge on any atom is -0.456 e. The largest absolute Gasteiger partial charge is 0.456 e. The summed E-state index contributed by atoms with van der Waals surface area (Å²) in [5, 5.41) is 6.38. The van der Waals surface area contributed by atoms with E-state index in [0.717, 1.165) is 77.1 Å². The number of rotatable bonds is 4. The number of furan rings is 2. The van der Waals surface area contributed by atoms with Crippen molar-refractivity contribution in [3.63, 3.8) is 0 Å². The lowest BCUT2D eigenvalue weighted by molar-refractivity contribution is 0.669. The van der Waals surface area contributed by atoms with Crippen LogP contribution in [0, 0.1) is 0 Å². The molecule has 0 bridgehead atoms. The average Bonchev–Trinajstić information content (AvgIpc) is 3.92. The highest BCUT2D eigenvalue weighted by Crippen LogP contribution is 2.49. The number of para-hydroxylation sites is 2. The maximum atomic E-state index is 6.66. The Morgan fingerprint density at radius 3 is 1.70 bits per heavy atom. The van der Waals surface area contributed by atoms with E-state index in [2.05, 4.69) is 115 Å². The Balaban J connectivity index is 1.17. The fourth-order valence-electron chi connectivity index (χ4n) is 8.51. The minimum absolute atomic E-state index is 0.571. The Morgan fingerprint density at radius 2 is 0.889 bits per heavy atom. The van der Waals surface area contributed by atoms with Crippen LogP contribution in [0.3, 0.4) is 0 Å². The van der Waals surface area contributed by atoms with Crippen molar-refractivity contribution < 1.29 is 8.83 Å². The van der Waals surface area contributed by atoms with Crippen molar-refractivity contribution in [3.05, 3.63) is 164 Å². The third-order valence-electron chi connectivity index (χ3n) is 10.9. The van der Waals surface area contributed by atoms with Gasteiger partial charge in [-0.25, -0.2) is 15.0 Å². The van der Waals surface area contributed by atoms with Gasteiger partial charge in [-0.1, -0.05) is 121 Å². The first-order valence-corrected chi connectivity index (χ1v) is 18.1. The molecule has 0 fully saturated rings. The summed E-state index contributed by atoms with van der Waals surface area (Å²) in [7, 11) is 0. The van der Waals surface area contributed by atoms with Gasteiger partial charge in [-0.3, -0.25) is 0 Å². The summed E-state index contributed by atoms with van der Waals surface area (Å²) in [6.07, 6.45) is 0. The van der Waals surface area contributed by atoms with Crippen LogP contribution >= 0.6 is 0 Å². The Kier molecular flexibility index (Phi) is 5.99. The molecule has 0 unspecified atom stereocenters. The van der Waals surface area contributed by atoms with Crippen molar-refractivity contribution >= 4 is 54.6 Å². The molecule has 5 heteroatoms. The molecule has 0 spiro atoms. The molecule has 12 rings (SSSR count). The second-order valence-electron chi connectivity index (χ2n) is 13.9. The van der Waals surface area contributed by atoms with Gasteiger partial charge in [-0.2, -0.15) is 0 Å². The van der Waals surface area contributed by atoms with Crippen molar-refractivity contribution in [3.8, 4) is 67.5 Å². The van der Waals surface area contributed by atoms with Crippen molar-refractivity contribution in [1.82, 2.24) is 15.0 Å². The van der Waals surface area contributed by atoms with Gasteiger partial charge in [-0.15, -0.1) is 0 Å². The van der Waals surface area contributed by atoms with Crippen LogP contribution < -0.4 is 0 Å². The lowest BCUT2D eigenvalue weighted by Gasteiger charge is -2.12. The predicted octanol–water partition coefficient (Wildman–Crippen LogP) is 13.1. The summed E-state index contributed by atoms with van der Waals surface area (Å²) in [6.45, 7) is 0. The van der Waals surface area contributed by atoms with Crippen molar-refractivity contribution in [2.24, 2.45) is 0 Å². The maximum absolute atomic E-state index is 6.66. The Morgan fingerprint density at radius 1 is 0.315 bits per heavy atom. The molecule has 54 heavy (non-hydrogen) atoms. The van der Waals surface area contributed by atoms with E-state index in [1.165, 1.54) is 27.6 Å². The van der Waals surface area contributed by atoms with E-state index < -0.39 is 0 Å². The lowest BCUT2D eigenvalue weighted by Crippen LogP contribution is -2.01. The van der Waals surface area contributed by atoms with Crippen LogP contribution in [-0.2, 0) is 0 Å². The molecule has 8 aromatic carbocycles. The first-order valence-electron chi connectivity index (χ1n) is 18.1. The molecular formula is C49H27N3O2. The topological polar surface area (TPSA) is 65.0 Å². The van der Waals surface area contributed by atoms with Crippen LogP contribution in [0.5, 0.6) is 0 Å². The number of hydrogen-bond donors (Lipinski definition) is 0. The zero-order valence-electron chi connectivity index (χ0n) is 28.7. The molecule has 0 atom stereocenters. The highest BCUT2D eigenvalue weighted by molar-refractivity contribution is 6.18. The van der Waals surface area contributed by atoms with Gasteiger partial charge >= 0.3 is 0 Å². The Bertz CT molecular complexity index is 3340. The molecule has 1 aliphatic carbocycles. The molecule has 0 saturated carbocycles. The molecule has 11 aromatic rings. The molecule has 0 N–H and O–H groups in total. The van der Waals surface area contributed by atoms with Crippen LogP contribution in [0.4, 0.5) is 0 Å². The third kappa shape index (κ3) is 4.18. The number of hydrogen-bond acceptors (Lipinski definition) is 5. The Hall–Kier alpha value is -7.37. The molecule has 3 aromatic heterocycles. The lowest BCUT2D eigenvalue weighted by atomic mass is 9.97. The summed E-state index contributed by atoms with van der Waals surface area (Å²) in [6, 6.07) is 56.7. The first-order chi connectivity index (χ1) is 26.8. The van der Waals surface area contributed by atoms with Crippen LogP contribution in [0.15, 0.2) is 173 Å². The standard InChI is InChI=1S/C49H27N3O2/c1-2-12-28(13-3-1)31-24-25-38(45-36-18-7-9-22-41(36)54-46(31)45)49-51-47(30-26-29-14-10-19-34-32-15-4-5-16-33(32)39(27-30)43(29)34)50-48(52-49)37-20-11-23-42-44(37)35-17-6-8-21-40(35)53-42/h1-27H. The summed E-state index contributed by atoms with van der Waals surface area (Å²) < 4.78 is 13.0. The zero-order valence-corrected chi connectivity index (χ0v) is 28.7. The molecule has 3 heterocycles. The summed E-state index contributed by atoms with van der Waals surface area (Å²) in [4.78, 5) is 16.0. The SMILES string of the molecule is c1ccc(-c2ccc(-c3nc(-c4cc5c6c(cccc6c4)-c4ccccc4-5)nc(-c4cccc5oc6ccccc6c45)n3)c3c2oc2ccccc23)cc1. The number of aromatic nitrogens is 3. The summed E-state index contributed by atoms with van der Waals surface area (Å²) in [5.74, 6) is 1.74. The van der Waals surface area contributed by atoms with E-state index in [-0.39, 0.29) is 0 Å². The molecule has 0 saturated heterocycles. The maximum Gasteiger partial charge on any atom is 0.164 e. The molecule has 1 aliphatic rings. The van der Waals surface area contributed by atoms with E-state index in [4.69, 9.17) is 23.8 Å². The highest BCUT2D eigenvalue weighted by Gasteiger charge is 2.25. The van der Waals surface area contributed by atoms with Crippen molar-refractivity contribution in [2.45, 2.75) is 0 Å². The van der Waals surface area contributed by atoms with Gasteiger partial charge in [0.2, 0.25) is 0 Å². The quantitative estimate of drug-likeness (QED) is 0.184. The molecular weight excluding hydrogens is 663 g/mol.